The van der Waals surface area contributed by atoms with Gasteiger partial charge in [-0.2, -0.15) is 0 Å². The average Bonchev–Trinajstić information content (AvgIpc) is 2.65. The number of esters is 1. The molecule has 8 heteroatoms. The molecule has 3 rings (SSSR count). The fraction of sp³-hybridized carbons (Fsp3) is 0.0526. The zero-order valence-electron chi connectivity index (χ0n) is 14.1. The Balaban J connectivity index is 1.96. The number of nitrogens with one attached hydrogen (secondary N) is 1. The van der Waals surface area contributed by atoms with Crippen molar-refractivity contribution < 1.29 is 23.9 Å². The molecule has 0 atom stereocenters. The van der Waals surface area contributed by atoms with Crippen molar-refractivity contribution in [3.8, 4) is 0 Å². The van der Waals surface area contributed by atoms with E-state index in [1.807, 2.05) is 6.07 Å². The zero-order chi connectivity index (χ0) is 19.6. The summed E-state index contributed by atoms with van der Waals surface area (Å²) < 4.78 is 5.40. The summed E-state index contributed by atoms with van der Waals surface area (Å²) in [4.78, 5) is 49.5. The van der Waals surface area contributed by atoms with Crippen LogP contribution in [0.25, 0.3) is 6.08 Å². The second-order valence-corrected chi connectivity index (χ2v) is 6.47. The fourth-order valence-electron chi connectivity index (χ4n) is 2.52. The number of hydrogen-bond donors (Lipinski definition) is 1. The zero-order valence-corrected chi connectivity index (χ0v) is 15.6. The molecule has 0 aliphatic carbocycles. The Labute approximate surface area is 162 Å². The molecule has 7 nitrogen and oxygen atoms in total. The molecule has 0 bridgehead atoms. The normalized spacial score (nSPS) is 15.7. The highest BCUT2D eigenvalue weighted by Gasteiger charge is 2.36. The Morgan fingerprint density at radius 1 is 1.11 bits per heavy atom. The molecule has 1 heterocycles. The molecular weight excluding hydrogens is 416 g/mol. The lowest BCUT2D eigenvalue weighted by Crippen LogP contribution is -2.54. The van der Waals surface area contributed by atoms with Crippen LogP contribution in [-0.2, 0) is 14.3 Å². The molecule has 0 unspecified atom stereocenters. The number of halogens is 1. The summed E-state index contributed by atoms with van der Waals surface area (Å²) >= 11 is 3.32. The first-order valence-corrected chi connectivity index (χ1v) is 8.55. The number of hydrogen-bond acceptors (Lipinski definition) is 5. The van der Waals surface area contributed by atoms with Crippen LogP contribution >= 0.6 is 15.9 Å². The predicted octanol–water partition coefficient (Wildman–Crippen LogP) is 2.90. The van der Waals surface area contributed by atoms with Crippen molar-refractivity contribution in [1.29, 1.82) is 0 Å². The second kappa shape index (κ2) is 7.55. The maximum atomic E-state index is 12.8. The average molecular weight is 429 g/mol. The van der Waals surface area contributed by atoms with Crippen LogP contribution in [0.4, 0.5) is 10.5 Å². The number of methoxy groups -OCH3 is 1. The van der Waals surface area contributed by atoms with E-state index in [0.717, 1.165) is 9.37 Å². The van der Waals surface area contributed by atoms with Gasteiger partial charge >= 0.3 is 12.0 Å². The smallest absolute Gasteiger partial charge is 0.337 e. The lowest BCUT2D eigenvalue weighted by atomic mass is 10.1. The molecule has 0 spiro atoms. The summed E-state index contributed by atoms with van der Waals surface area (Å²) in [5.74, 6) is -2.07. The molecule has 2 aromatic rings. The quantitative estimate of drug-likeness (QED) is 0.460. The first kappa shape index (κ1) is 18.5. The van der Waals surface area contributed by atoms with E-state index in [1.165, 1.54) is 37.5 Å². The van der Waals surface area contributed by atoms with E-state index < -0.39 is 23.8 Å². The van der Waals surface area contributed by atoms with Gasteiger partial charge in [0.05, 0.1) is 18.4 Å². The van der Waals surface area contributed by atoms with E-state index in [4.69, 9.17) is 0 Å². The molecular formula is C19H13BrN2O5. The van der Waals surface area contributed by atoms with Crippen LogP contribution in [0.3, 0.4) is 0 Å². The standard InChI is InChI=1S/C19H13BrN2O5/c1-27-18(25)12-5-7-14(8-6-12)22-17(24)15(16(23)21-19(22)26)10-11-3-2-4-13(20)9-11/h2-10H,1H3,(H,21,23,26)/b15-10-. The van der Waals surface area contributed by atoms with Crippen LogP contribution in [0.5, 0.6) is 0 Å². The van der Waals surface area contributed by atoms with E-state index in [-0.39, 0.29) is 16.8 Å². The van der Waals surface area contributed by atoms with Crippen molar-refractivity contribution in [3.63, 3.8) is 0 Å². The van der Waals surface area contributed by atoms with Crippen molar-refractivity contribution in [2.45, 2.75) is 0 Å². The van der Waals surface area contributed by atoms with Crippen molar-refractivity contribution in [2.75, 3.05) is 12.0 Å². The number of amides is 4. The number of benzene rings is 2. The molecule has 0 saturated carbocycles. The molecule has 1 N–H and O–H groups in total. The molecule has 27 heavy (non-hydrogen) atoms. The lowest BCUT2D eigenvalue weighted by Gasteiger charge is -2.26. The maximum Gasteiger partial charge on any atom is 0.337 e. The molecule has 1 fully saturated rings. The van der Waals surface area contributed by atoms with Gasteiger partial charge in [0.2, 0.25) is 0 Å². The van der Waals surface area contributed by atoms with Crippen LogP contribution < -0.4 is 10.2 Å². The fourth-order valence-corrected chi connectivity index (χ4v) is 2.94. The molecule has 1 aliphatic rings. The number of carbonyl (C=O) groups excluding carboxylic acids is 4. The molecule has 1 aliphatic heterocycles. The van der Waals surface area contributed by atoms with E-state index in [0.29, 0.717) is 5.56 Å². The van der Waals surface area contributed by atoms with Crippen LogP contribution in [0.15, 0.2) is 58.6 Å². The molecule has 1 saturated heterocycles. The summed E-state index contributed by atoms with van der Waals surface area (Å²) in [5, 5.41) is 2.15. The van der Waals surface area contributed by atoms with Crippen LogP contribution in [0, 0.1) is 0 Å². The molecule has 0 aromatic heterocycles. The number of barbiturate groups is 1. The van der Waals surface area contributed by atoms with Gasteiger partial charge in [0.1, 0.15) is 5.57 Å². The largest absolute Gasteiger partial charge is 0.465 e. The Morgan fingerprint density at radius 2 is 1.81 bits per heavy atom. The second-order valence-electron chi connectivity index (χ2n) is 5.55. The van der Waals surface area contributed by atoms with Gasteiger partial charge in [-0.05, 0) is 48.0 Å². The Kier molecular flexibility index (Phi) is 5.18. The number of carbonyl (C=O) groups is 4. The Bertz CT molecular complexity index is 982. The van der Waals surface area contributed by atoms with E-state index in [2.05, 4.69) is 26.0 Å². The number of rotatable bonds is 3. The number of nitrogens with zero attached hydrogens (tertiary/aromatic N) is 1. The Morgan fingerprint density at radius 3 is 2.44 bits per heavy atom. The highest BCUT2D eigenvalue weighted by Crippen LogP contribution is 2.23. The van der Waals surface area contributed by atoms with Crippen molar-refractivity contribution >= 4 is 51.5 Å². The van der Waals surface area contributed by atoms with Gasteiger partial charge in [0, 0.05) is 4.47 Å². The number of imide groups is 2. The van der Waals surface area contributed by atoms with Gasteiger partial charge in [-0.15, -0.1) is 0 Å². The third-order valence-corrected chi connectivity index (χ3v) is 4.30. The minimum Gasteiger partial charge on any atom is -0.465 e. The predicted molar refractivity (Wildman–Crippen MR) is 101 cm³/mol. The van der Waals surface area contributed by atoms with Crippen molar-refractivity contribution in [1.82, 2.24) is 5.32 Å². The van der Waals surface area contributed by atoms with Gasteiger partial charge in [-0.25, -0.2) is 14.5 Å². The Hall–Kier alpha value is -3.26. The van der Waals surface area contributed by atoms with Gasteiger partial charge in [-0.1, -0.05) is 28.1 Å². The third kappa shape index (κ3) is 3.80. The van der Waals surface area contributed by atoms with Gasteiger partial charge in [-0.3, -0.25) is 14.9 Å². The lowest BCUT2D eigenvalue weighted by molar-refractivity contribution is -0.122. The maximum absolute atomic E-state index is 12.8. The molecule has 136 valence electrons. The minimum absolute atomic E-state index is 0.176. The SMILES string of the molecule is COC(=O)c1ccc(N2C(=O)NC(=O)/C(=C/c3cccc(Br)c3)C2=O)cc1. The number of ether oxygens (including phenoxy) is 1. The topological polar surface area (TPSA) is 92.8 Å². The summed E-state index contributed by atoms with van der Waals surface area (Å²) in [6, 6.07) is 11.9. The van der Waals surface area contributed by atoms with Crippen LogP contribution in [-0.4, -0.2) is 30.9 Å². The monoisotopic (exact) mass is 428 g/mol. The van der Waals surface area contributed by atoms with Crippen LogP contribution in [0.2, 0.25) is 0 Å². The van der Waals surface area contributed by atoms with Gasteiger partial charge in [0.15, 0.2) is 0 Å². The minimum atomic E-state index is -0.859. The number of urea groups is 1. The summed E-state index contributed by atoms with van der Waals surface area (Å²) in [6.45, 7) is 0. The molecule has 4 amide bonds. The van der Waals surface area contributed by atoms with E-state index in [9.17, 15) is 19.2 Å². The van der Waals surface area contributed by atoms with E-state index in [1.54, 1.807) is 18.2 Å². The van der Waals surface area contributed by atoms with Gasteiger partial charge in [0.25, 0.3) is 11.8 Å². The highest BCUT2D eigenvalue weighted by atomic mass is 79.9. The highest BCUT2D eigenvalue weighted by molar-refractivity contribution is 9.10. The first-order chi connectivity index (χ1) is 12.9. The van der Waals surface area contributed by atoms with Crippen LogP contribution in [0.1, 0.15) is 15.9 Å². The summed E-state index contributed by atoms with van der Waals surface area (Å²) in [5.41, 5.74) is 0.938. The summed E-state index contributed by atoms with van der Waals surface area (Å²) in [6.07, 6.45) is 1.41. The molecule has 2 aromatic carbocycles. The number of anilines is 1. The third-order valence-electron chi connectivity index (χ3n) is 3.81. The summed E-state index contributed by atoms with van der Waals surface area (Å²) in [7, 11) is 1.25. The van der Waals surface area contributed by atoms with E-state index >= 15 is 0 Å². The molecule has 0 radical (unpaired) electrons. The van der Waals surface area contributed by atoms with Crippen molar-refractivity contribution in [3.05, 3.63) is 69.7 Å². The van der Waals surface area contributed by atoms with Gasteiger partial charge < -0.3 is 4.74 Å². The first-order valence-electron chi connectivity index (χ1n) is 7.76. The van der Waals surface area contributed by atoms with Crippen molar-refractivity contribution in [2.24, 2.45) is 0 Å².